The van der Waals surface area contributed by atoms with Gasteiger partial charge in [0.15, 0.2) is 0 Å². The topological polar surface area (TPSA) is 53.2 Å². The van der Waals surface area contributed by atoms with E-state index in [1.54, 1.807) is 0 Å². The lowest BCUT2D eigenvalue weighted by molar-refractivity contribution is -0.117. The van der Waals surface area contributed by atoms with Crippen LogP contribution in [0.15, 0.2) is 36.4 Å². The molecular formula is C16H23N3O. The van der Waals surface area contributed by atoms with Crippen LogP contribution in [0.1, 0.15) is 24.3 Å². The van der Waals surface area contributed by atoms with Crippen molar-refractivity contribution in [1.29, 1.82) is 0 Å². The zero-order chi connectivity index (χ0) is 14.4. The molecule has 20 heavy (non-hydrogen) atoms. The summed E-state index contributed by atoms with van der Waals surface area (Å²) in [5.74, 6) is 0.455. The number of fused-ring (bicyclic) bond motifs is 1. The number of nitrogens with one attached hydrogen (secondary N) is 3. The summed E-state index contributed by atoms with van der Waals surface area (Å²) in [7, 11) is 1.87. The molecule has 1 aliphatic heterocycles. The van der Waals surface area contributed by atoms with Crippen LogP contribution < -0.4 is 16.0 Å². The molecule has 0 spiro atoms. The van der Waals surface area contributed by atoms with E-state index in [1.807, 2.05) is 13.1 Å². The molecule has 0 fully saturated rings. The van der Waals surface area contributed by atoms with Gasteiger partial charge in [0.05, 0.1) is 0 Å². The van der Waals surface area contributed by atoms with Gasteiger partial charge in [0.25, 0.3) is 0 Å². The zero-order valence-electron chi connectivity index (χ0n) is 12.0. The molecule has 2 rings (SSSR count). The molecule has 0 saturated carbocycles. The van der Waals surface area contributed by atoms with E-state index in [9.17, 15) is 4.79 Å². The smallest absolute Gasteiger partial charge is 0.246 e. The predicted molar refractivity (Wildman–Crippen MR) is 83.0 cm³/mol. The van der Waals surface area contributed by atoms with Crippen LogP contribution in [0.4, 0.5) is 5.69 Å². The number of hydrogen-bond donors (Lipinski definition) is 3. The molecule has 1 heterocycles. The Bertz CT molecular complexity index is 484. The Balaban J connectivity index is 1.74. The minimum absolute atomic E-state index is 0.0282. The van der Waals surface area contributed by atoms with Crippen molar-refractivity contribution in [1.82, 2.24) is 10.6 Å². The van der Waals surface area contributed by atoms with Crippen LogP contribution in [-0.4, -0.2) is 32.6 Å². The maximum Gasteiger partial charge on any atom is 0.246 e. The maximum atomic E-state index is 11.8. The van der Waals surface area contributed by atoms with E-state index in [1.165, 1.54) is 11.3 Å². The molecule has 0 aliphatic carbocycles. The third kappa shape index (κ3) is 3.61. The third-order valence-corrected chi connectivity index (χ3v) is 3.72. The monoisotopic (exact) mass is 273 g/mol. The number of rotatable bonds is 7. The number of carbonyl (C=O) groups excluding carboxylic acids is 1. The highest BCUT2D eigenvalue weighted by molar-refractivity contribution is 5.92. The average Bonchev–Trinajstić information content (AvgIpc) is 2.88. The van der Waals surface area contributed by atoms with Crippen LogP contribution in [0.25, 0.3) is 0 Å². The molecule has 1 aromatic carbocycles. The van der Waals surface area contributed by atoms with Gasteiger partial charge in [0, 0.05) is 30.3 Å². The molecule has 108 valence electrons. The van der Waals surface area contributed by atoms with Gasteiger partial charge in [-0.15, -0.1) is 0 Å². The highest BCUT2D eigenvalue weighted by Crippen LogP contribution is 2.32. The van der Waals surface area contributed by atoms with Crippen molar-refractivity contribution in [2.45, 2.75) is 18.8 Å². The van der Waals surface area contributed by atoms with Gasteiger partial charge in [-0.05, 0) is 38.1 Å². The minimum Gasteiger partial charge on any atom is -0.384 e. The van der Waals surface area contributed by atoms with Crippen molar-refractivity contribution in [2.75, 3.05) is 32.0 Å². The summed E-state index contributed by atoms with van der Waals surface area (Å²) < 4.78 is 0. The molecule has 3 N–H and O–H groups in total. The standard InChI is InChI=1S/C16H23N3O/c1-12(7-9-17-2)16(20)18-10-8-13-11-19-15-6-4-3-5-14(13)15/h3-6,13,17,19H,1,7-11H2,2H3,(H,18,20). The van der Waals surface area contributed by atoms with Gasteiger partial charge in [-0.25, -0.2) is 0 Å². The lowest BCUT2D eigenvalue weighted by atomic mass is 9.98. The molecular weight excluding hydrogens is 250 g/mol. The Morgan fingerprint density at radius 2 is 2.20 bits per heavy atom. The first-order chi connectivity index (χ1) is 9.72. The number of amides is 1. The highest BCUT2D eigenvalue weighted by Gasteiger charge is 2.21. The van der Waals surface area contributed by atoms with Crippen LogP contribution >= 0.6 is 0 Å². The van der Waals surface area contributed by atoms with Crippen LogP contribution in [0.2, 0.25) is 0 Å². The second-order valence-electron chi connectivity index (χ2n) is 5.17. The highest BCUT2D eigenvalue weighted by atomic mass is 16.1. The van der Waals surface area contributed by atoms with E-state index in [-0.39, 0.29) is 5.91 Å². The first kappa shape index (κ1) is 14.6. The number of hydrogen-bond acceptors (Lipinski definition) is 3. The van der Waals surface area contributed by atoms with Gasteiger partial charge < -0.3 is 16.0 Å². The van der Waals surface area contributed by atoms with E-state index < -0.39 is 0 Å². The molecule has 1 aromatic rings. The Kier molecular flexibility index (Phi) is 5.18. The fourth-order valence-corrected chi connectivity index (χ4v) is 2.49. The van der Waals surface area contributed by atoms with E-state index in [4.69, 9.17) is 0 Å². The van der Waals surface area contributed by atoms with E-state index in [0.717, 1.165) is 19.5 Å². The molecule has 4 nitrogen and oxygen atoms in total. The van der Waals surface area contributed by atoms with Crippen LogP contribution in [0, 0.1) is 0 Å². The summed E-state index contributed by atoms with van der Waals surface area (Å²) in [4.78, 5) is 11.8. The van der Waals surface area contributed by atoms with Crippen molar-refractivity contribution >= 4 is 11.6 Å². The Hall–Kier alpha value is -1.81. The summed E-state index contributed by atoms with van der Waals surface area (Å²) >= 11 is 0. The first-order valence-electron chi connectivity index (χ1n) is 7.15. The molecule has 4 heteroatoms. The van der Waals surface area contributed by atoms with Crippen molar-refractivity contribution in [3.8, 4) is 0 Å². The van der Waals surface area contributed by atoms with Crippen molar-refractivity contribution < 1.29 is 4.79 Å². The fourth-order valence-electron chi connectivity index (χ4n) is 2.49. The van der Waals surface area contributed by atoms with Gasteiger partial charge in [0.1, 0.15) is 0 Å². The number of carbonyl (C=O) groups is 1. The van der Waals surface area contributed by atoms with Gasteiger partial charge in [-0.3, -0.25) is 4.79 Å². The van der Waals surface area contributed by atoms with Gasteiger partial charge in [-0.2, -0.15) is 0 Å². The fraction of sp³-hybridized carbons (Fsp3) is 0.438. The Morgan fingerprint density at radius 3 is 3.00 bits per heavy atom. The first-order valence-corrected chi connectivity index (χ1v) is 7.15. The van der Waals surface area contributed by atoms with E-state index in [2.05, 4.69) is 40.7 Å². The normalized spacial score (nSPS) is 16.4. The maximum absolute atomic E-state index is 11.8. The Morgan fingerprint density at radius 1 is 1.40 bits per heavy atom. The number of benzene rings is 1. The summed E-state index contributed by atoms with van der Waals surface area (Å²) in [5.41, 5.74) is 3.22. The molecule has 1 aliphatic rings. The molecule has 0 bridgehead atoms. The zero-order valence-corrected chi connectivity index (χ0v) is 12.0. The lowest BCUT2D eigenvalue weighted by Gasteiger charge is -2.12. The van der Waals surface area contributed by atoms with Gasteiger partial charge in [-0.1, -0.05) is 24.8 Å². The molecule has 1 amide bonds. The molecule has 0 saturated heterocycles. The van der Waals surface area contributed by atoms with Gasteiger partial charge >= 0.3 is 0 Å². The average molecular weight is 273 g/mol. The summed E-state index contributed by atoms with van der Waals surface area (Å²) in [6.07, 6.45) is 1.64. The van der Waals surface area contributed by atoms with Crippen LogP contribution in [-0.2, 0) is 4.79 Å². The summed E-state index contributed by atoms with van der Waals surface area (Å²) in [6.45, 7) is 6.24. The van der Waals surface area contributed by atoms with Crippen LogP contribution in [0.5, 0.6) is 0 Å². The lowest BCUT2D eigenvalue weighted by Crippen LogP contribution is -2.28. The van der Waals surface area contributed by atoms with Crippen molar-refractivity contribution in [3.63, 3.8) is 0 Å². The molecule has 0 radical (unpaired) electrons. The quantitative estimate of drug-likeness (QED) is 0.665. The van der Waals surface area contributed by atoms with Crippen molar-refractivity contribution in [2.24, 2.45) is 0 Å². The predicted octanol–water partition coefficient (Wildman–Crippen LogP) is 1.87. The largest absolute Gasteiger partial charge is 0.384 e. The molecule has 1 unspecified atom stereocenters. The number of para-hydroxylation sites is 1. The number of anilines is 1. The van der Waals surface area contributed by atoms with E-state index in [0.29, 0.717) is 24.5 Å². The summed E-state index contributed by atoms with van der Waals surface area (Å²) in [5, 5.41) is 9.37. The second-order valence-corrected chi connectivity index (χ2v) is 5.17. The SMILES string of the molecule is C=C(CCNC)C(=O)NCCC1CNc2ccccc21. The van der Waals surface area contributed by atoms with Crippen LogP contribution in [0.3, 0.4) is 0 Å². The van der Waals surface area contributed by atoms with Crippen molar-refractivity contribution in [3.05, 3.63) is 42.0 Å². The molecule has 1 atom stereocenters. The molecule has 0 aromatic heterocycles. The Labute approximate surface area is 120 Å². The second kappa shape index (κ2) is 7.10. The summed E-state index contributed by atoms with van der Waals surface area (Å²) in [6, 6.07) is 8.37. The third-order valence-electron chi connectivity index (χ3n) is 3.72. The van der Waals surface area contributed by atoms with Gasteiger partial charge in [0.2, 0.25) is 5.91 Å². The van der Waals surface area contributed by atoms with E-state index >= 15 is 0 Å². The minimum atomic E-state index is -0.0282.